The van der Waals surface area contributed by atoms with E-state index in [1.807, 2.05) is 0 Å². The van der Waals surface area contributed by atoms with E-state index in [0.717, 1.165) is 43.4 Å². The largest absolute Gasteiger partial charge is 0.478 e. The quantitative estimate of drug-likeness (QED) is 0.779. The van der Waals surface area contributed by atoms with Crippen LogP contribution in [0.4, 0.5) is 0 Å². The number of rotatable bonds is 2. The highest BCUT2D eigenvalue weighted by Gasteiger charge is 2.33. The monoisotopic (exact) mass is 205 g/mol. The number of carboxylic acid groups (broad SMARTS) is 1. The fraction of sp³-hybridized carbons (Fsp3) is 0.583. The lowest BCUT2D eigenvalue weighted by molar-refractivity contribution is 0.0694. The van der Waals surface area contributed by atoms with E-state index in [9.17, 15) is 9.90 Å². The zero-order chi connectivity index (χ0) is 10.4. The Morgan fingerprint density at radius 3 is 2.67 bits per heavy atom. The van der Waals surface area contributed by atoms with Crippen molar-refractivity contribution in [2.75, 3.05) is 0 Å². The summed E-state index contributed by atoms with van der Waals surface area (Å²) in [4.78, 5) is 14.6. The summed E-state index contributed by atoms with van der Waals surface area (Å²) in [7, 11) is 0. The highest BCUT2D eigenvalue weighted by Crippen LogP contribution is 2.43. The van der Waals surface area contributed by atoms with Crippen LogP contribution >= 0.6 is 0 Å². The third-order valence-corrected chi connectivity index (χ3v) is 3.52. The van der Waals surface area contributed by atoms with Gasteiger partial charge in [0.1, 0.15) is 0 Å². The molecule has 3 nitrogen and oxygen atoms in total. The maximum atomic E-state index is 11.3. The molecule has 2 aliphatic carbocycles. The molecule has 1 aromatic heterocycles. The molecule has 3 rings (SSSR count). The summed E-state index contributed by atoms with van der Waals surface area (Å²) < 4.78 is 0. The van der Waals surface area contributed by atoms with Crippen LogP contribution in [0.1, 0.15) is 58.9 Å². The molecule has 0 amide bonds. The Kier molecular flexibility index (Phi) is 1.87. The van der Waals surface area contributed by atoms with Crippen LogP contribution in [0.25, 0.3) is 0 Å². The standard InChI is InChI=1S/C12H15NO2/c14-12(15)10-8-3-1-2-4-9(8)13-11(10)7-5-6-7/h7,13H,1-6H2,(H,14,15). The lowest BCUT2D eigenvalue weighted by Crippen LogP contribution is -2.06. The van der Waals surface area contributed by atoms with Crippen molar-refractivity contribution in [2.24, 2.45) is 0 Å². The van der Waals surface area contributed by atoms with Gasteiger partial charge in [-0.3, -0.25) is 0 Å². The fourth-order valence-corrected chi connectivity index (χ4v) is 2.63. The molecule has 0 radical (unpaired) electrons. The molecule has 0 unspecified atom stereocenters. The molecular formula is C12H15NO2. The number of aryl methyl sites for hydroxylation is 1. The molecule has 1 fully saturated rings. The van der Waals surface area contributed by atoms with Crippen LogP contribution in [0.2, 0.25) is 0 Å². The Morgan fingerprint density at radius 1 is 1.27 bits per heavy atom. The van der Waals surface area contributed by atoms with Crippen LogP contribution in [0.15, 0.2) is 0 Å². The highest BCUT2D eigenvalue weighted by atomic mass is 16.4. The molecule has 2 aliphatic rings. The molecule has 80 valence electrons. The third kappa shape index (κ3) is 1.37. The first-order valence-corrected chi connectivity index (χ1v) is 5.74. The number of nitrogens with one attached hydrogen (secondary N) is 1. The van der Waals surface area contributed by atoms with E-state index in [-0.39, 0.29) is 0 Å². The highest BCUT2D eigenvalue weighted by molar-refractivity contribution is 5.92. The number of aromatic amines is 1. The SMILES string of the molecule is O=C(O)c1c(C2CC2)[nH]c2c1CCCC2. The zero-order valence-corrected chi connectivity index (χ0v) is 8.68. The topological polar surface area (TPSA) is 53.1 Å². The summed E-state index contributed by atoms with van der Waals surface area (Å²) in [6.07, 6.45) is 6.60. The Bertz CT molecular complexity index is 416. The molecule has 1 heterocycles. The Hall–Kier alpha value is -1.25. The molecule has 3 heteroatoms. The average molecular weight is 205 g/mol. The molecule has 15 heavy (non-hydrogen) atoms. The summed E-state index contributed by atoms with van der Waals surface area (Å²) >= 11 is 0. The number of aromatic nitrogens is 1. The Morgan fingerprint density at radius 2 is 2.00 bits per heavy atom. The number of hydrogen-bond donors (Lipinski definition) is 2. The zero-order valence-electron chi connectivity index (χ0n) is 8.68. The first kappa shape index (κ1) is 9.01. The summed E-state index contributed by atoms with van der Waals surface area (Å²) in [5.41, 5.74) is 3.90. The Labute approximate surface area is 88.5 Å². The van der Waals surface area contributed by atoms with Crippen molar-refractivity contribution in [3.8, 4) is 0 Å². The van der Waals surface area contributed by atoms with Gasteiger partial charge in [0.05, 0.1) is 5.56 Å². The van der Waals surface area contributed by atoms with Crippen molar-refractivity contribution in [2.45, 2.75) is 44.4 Å². The second-order valence-electron chi connectivity index (χ2n) is 4.66. The predicted octanol–water partition coefficient (Wildman–Crippen LogP) is 2.47. The molecule has 2 N–H and O–H groups in total. The fourth-order valence-electron chi connectivity index (χ4n) is 2.63. The van der Waals surface area contributed by atoms with E-state index in [0.29, 0.717) is 11.5 Å². The maximum absolute atomic E-state index is 11.3. The van der Waals surface area contributed by atoms with Gasteiger partial charge in [-0.05, 0) is 50.0 Å². The van der Waals surface area contributed by atoms with Gasteiger partial charge in [0, 0.05) is 11.4 Å². The number of H-pyrrole nitrogens is 1. The summed E-state index contributed by atoms with van der Waals surface area (Å²) in [5.74, 6) is -0.238. The van der Waals surface area contributed by atoms with Crippen molar-refractivity contribution in [3.05, 3.63) is 22.5 Å². The average Bonchev–Trinajstić information content (AvgIpc) is 2.98. The van der Waals surface area contributed by atoms with Crippen molar-refractivity contribution in [1.29, 1.82) is 0 Å². The molecular weight excluding hydrogens is 190 g/mol. The maximum Gasteiger partial charge on any atom is 0.337 e. The molecule has 0 spiro atoms. The molecule has 0 aliphatic heterocycles. The number of hydrogen-bond acceptors (Lipinski definition) is 1. The number of carbonyl (C=O) groups is 1. The smallest absolute Gasteiger partial charge is 0.337 e. The minimum atomic E-state index is -0.740. The lowest BCUT2D eigenvalue weighted by atomic mass is 9.94. The first-order chi connectivity index (χ1) is 7.27. The minimum Gasteiger partial charge on any atom is -0.478 e. The van der Waals surface area contributed by atoms with Gasteiger partial charge in [0.2, 0.25) is 0 Å². The van der Waals surface area contributed by atoms with Gasteiger partial charge in [-0.15, -0.1) is 0 Å². The van der Waals surface area contributed by atoms with Crippen molar-refractivity contribution in [3.63, 3.8) is 0 Å². The second-order valence-corrected chi connectivity index (χ2v) is 4.66. The summed E-state index contributed by atoms with van der Waals surface area (Å²) in [6, 6.07) is 0. The molecule has 0 atom stereocenters. The minimum absolute atomic E-state index is 0.502. The van der Waals surface area contributed by atoms with Crippen LogP contribution in [-0.4, -0.2) is 16.1 Å². The number of carboxylic acids is 1. The van der Waals surface area contributed by atoms with Gasteiger partial charge < -0.3 is 10.1 Å². The van der Waals surface area contributed by atoms with Gasteiger partial charge >= 0.3 is 5.97 Å². The van der Waals surface area contributed by atoms with E-state index in [1.165, 1.54) is 12.1 Å². The molecule has 1 saturated carbocycles. The van der Waals surface area contributed by atoms with Crippen LogP contribution in [0.5, 0.6) is 0 Å². The Balaban J connectivity index is 2.13. The first-order valence-electron chi connectivity index (χ1n) is 5.74. The van der Waals surface area contributed by atoms with Gasteiger partial charge in [0.25, 0.3) is 0 Å². The van der Waals surface area contributed by atoms with E-state index < -0.39 is 5.97 Å². The molecule has 0 saturated heterocycles. The lowest BCUT2D eigenvalue weighted by Gasteiger charge is -2.10. The van der Waals surface area contributed by atoms with Gasteiger partial charge in [-0.1, -0.05) is 0 Å². The van der Waals surface area contributed by atoms with Gasteiger partial charge in [-0.2, -0.15) is 0 Å². The second kappa shape index (κ2) is 3.12. The van der Waals surface area contributed by atoms with E-state index >= 15 is 0 Å². The predicted molar refractivity (Wildman–Crippen MR) is 56.4 cm³/mol. The number of aromatic carboxylic acids is 1. The van der Waals surface area contributed by atoms with Gasteiger partial charge in [-0.25, -0.2) is 4.79 Å². The third-order valence-electron chi connectivity index (χ3n) is 3.52. The van der Waals surface area contributed by atoms with Crippen LogP contribution in [0.3, 0.4) is 0 Å². The molecule has 0 bridgehead atoms. The van der Waals surface area contributed by atoms with Crippen LogP contribution < -0.4 is 0 Å². The summed E-state index contributed by atoms with van der Waals surface area (Å²) in [6.45, 7) is 0. The van der Waals surface area contributed by atoms with Gasteiger partial charge in [0.15, 0.2) is 0 Å². The van der Waals surface area contributed by atoms with Crippen molar-refractivity contribution >= 4 is 5.97 Å². The molecule has 1 aromatic rings. The summed E-state index contributed by atoms with van der Waals surface area (Å²) in [5, 5.41) is 9.27. The van der Waals surface area contributed by atoms with Crippen LogP contribution in [-0.2, 0) is 12.8 Å². The van der Waals surface area contributed by atoms with E-state index in [4.69, 9.17) is 0 Å². The van der Waals surface area contributed by atoms with Crippen molar-refractivity contribution in [1.82, 2.24) is 4.98 Å². The van der Waals surface area contributed by atoms with Crippen LogP contribution in [0, 0.1) is 0 Å². The molecule has 0 aromatic carbocycles. The number of fused-ring (bicyclic) bond motifs is 1. The normalized spacial score (nSPS) is 20.0. The van der Waals surface area contributed by atoms with Crippen molar-refractivity contribution < 1.29 is 9.90 Å². The van der Waals surface area contributed by atoms with E-state index in [2.05, 4.69) is 4.98 Å². The van der Waals surface area contributed by atoms with E-state index in [1.54, 1.807) is 0 Å².